The number of aryl methyl sites for hydroxylation is 2. The summed E-state index contributed by atoms with van der Waals surface area (Å²) in [6, 6.07) is 13.1. The van der Waals surface area contributed by atoms with Crippen molar-refractivity contribution in [1.82, 2.24) is 20.2 Å². The van der Waals surface area contributed by atoms with E-state index >= 15 is 0 Å². The maximum atomic E-state index is 12.6. The summed E-state index contributed by atoms with van der Waals surface area (Å²) >= 11 is 0. The Bertz CT molecular complexity index is 1090. The first kappa shape index (κ1) is 25.7. The van der Waals surface area contributed by atoms with E-state index in [4.69, 9.17) is 9.15 Å². The Labute approximate surface area is 213 Å². The van der Waals surface area contributed by atoms with Crippen LogP contribution in [0, 0.1) is 13.8 Å². The van der Waals surface area contributed by atoms with Crippen molar-refractivity contribution in [3.8, 4) is 5.75 Å². The number of methoxy groups -OCH3 is 1. The molecule has 1 saturated heterocycles. The molecule has 8 heteroatoms. The van der Waals surface area contributed by atoms with E-state index in [9.17, 15) is 4.79 Å². The normalized spacial score (nSPS) is 15.4. The summed E-state index contributed by atoms with van der Waals surface area (Å²) < 4.78 is 11.0. The molecule has 0 bridgehead atoms. The number of benzene rings is 1. The second kappa shape index (κ2) is 12.0. The van der Waals surface area contributed by atoms with Crippen LogP contribution in [0.5, 0.6) is 5.75 Å². The van der Waals surface area contributed by atoms with Gasteiger partial charge in [-0.25, -0.2) is 9.97 Å². The van der Waals surface area contributed by atoms with Crippen LogP contribution in [0.25, 0.3) is 0 Å². The summed E-state index contributed by atoms with van der Waals surface area (Å²) in [7, 11) is 1.69. The molecule has 0 aliphatic carbocycles. The number of likely N-dealkylation sites (tertiary alicyclic amines) is 1. The van der Waals surface area contributed by atoms with Gasteiger partial charge in [-0.3, -0.25) is 4.79 Å². The van der Waals surface area contributed by atoms with Crippen LogP contribution in [-0.4, -0.2) is 59.6 Å². The van der Waals surface area contributed by atoms with Crippen molar-refractivity contribution in [1.29, 1.82) is 0 Å². The zero-order valence-electron chi connectivity index (χ0n) is 21.7. The molecular weight excluding hydrogens is 454 g/mol. The van der Waals surface area contributed by atoms with Gasteiger partial charge in [-0.15, -0.1) is 0 Å². The van der Waals surface area contributed by atoms with Crippen LogP contribution in [0.15, 0.2) is 53.4 Å². The van der Waals surface area contributed by atoms with Gasteiger partial charge in [0.25, 0.3) is 5.91 Å². The van der Waals surface area contributed by atoms with E-state index < -0.39 is 0 Å². The van der Waals surface area contributed by atoms with E-state index in [0.717, 1.165) is 50.4 Å². The van der Waals surface area contributed by atoms with E-state index in [-0.39, 0.29) is 5.91 Å². The first-order valence-corrected chi connectivity index (χ1v) is 12.7. The van der Waals surface area contributed by atoms with E-state index in [1.165, 1.54) is 12.0 Å². The summed E-state index contributed by atoms with van der Waals surface area (Å²) in [6.45, 7) is 9.36. The topological polar surface area (TPSA) is 83.7 Å². The summed E-state index contributed by atoms with van der Waals surface area (Å²) in [5.74, 6) is 1.73. The van der Waals surface area contributed by atoms with E-state index in [1.54, 1.807) is 13.4 Å². The van der Waals surface area contributed by atoms with Crippen LogP contribution in [0.2, 0.25) is 0 Å². The minimum absolute atomic E-state index is 0.0930. The highest BCUT2D eigenvalue weighted by molar-refractivity contribution is 5.96. The maximum Gasteiger partial charge on any atom is 0.254 e. The molecule has 0 radical (unpaired) electrons. The monoisotopic (exact) mass is 491 g/mol. The molecule has 0 spiro atoms. The molecule has 1 aliphatic rings. The highest BCUT2D eigenvalue weighted by atomic mass is 16.5. The van der Waals surface area contributed by atoms with Gasteiger partial charge in [0.15, 0.2) is 0 Å². The molecule has 1 fully saturated rings. The number of carbonyl (C=O) groups is 1. The summed E-state index contributed by atoms with van der Waals surface area (Å²) in [5, 5.41) is 3.06. The molecular formula is C28H37N5O3. The van der Waals surface area contributed by atoms with Crippen molar-refractivity contribution < 1.29 is 13.9 Å². The highest BCUT2D eigenvalue weighted by Gasteiger charge is 2.28. The standard InChI is InChI=1S/C28H37N5O3/c1-20(11-14-29-28(34)27-21(2)30-19-31-22(27)3)32-15-12-24(13-16-32)33(18-26-6-5-17-36-26)23-7-9-25(35-4)10-8-23/h5-10,17,19-20,24H,11-16,18H2,1-4H3,(H,29,34). The van der Waals surface area contributed by atoms with E-state index in [1.807, 2.05) is 38.1 Å². The van der Waals surface area contributed by atoms with Crippen molar-refractivity contribution in [3.63, 3.8) is 0 Å². The lowest BCUT2D eigenvalue weighted by Crippen LogP contribution is -2.48. The van der Waals surface area contributed by atoms with Gasteiger partial charge in [0.05, 0.1) is 36.9 Å². The van der Waals surface area contributed by atoms with Crippen molar-refractivity contribution in [2.45, 2.75) is 58.7 Å². The first-order chi connectivity index (χ1) is 17.5. The van der Waals surface area contributed by atoms with Gasteiger partial charge in [-0.1, -0.05) is 0 Å². The molecule has 8 nitrogen and oxygen atoms in total. The van der Waals surface area contributed by atoms with E-state index in [0.29, 0.717) is 35.6 Å². The molecule has 2 aromatic heterocycles. The Hall–Kier alpha value is -3.39. The number of anilines is 1. The molecule has 1 N–H and O–H groups in total. The predicted molar refractivity (Wildman–Crippen MR) is 140 cm³/mol. The van der Waals surface area contributed by atoms with Crippen LogP contribution >= 0.6 is 0 Å². The molecule has 1 aliphatic heterocycles. The van der Waals surface area contributed by atoms with Gasteiger partial charge in [0.2, 0.25) is 0 Å². The number of furan rings is 1. The number of hydrogen-bond donors (Lipinski definition) is 1. The number of ether oxygens (including phenoxy) is 1. The third-order valence-electron chi connectivity index (χ3n) is 7.17. The van der Waals surface area contributed by atoms with Gasteiger partial charge in [0.1, 0.15) is 17.8 Å². The van der Waals surface area contributed by atoms with Crippen LogP contribution < -0.4 is 15.0 Å². The third kappa shape index (κ3) is 6.23. The number of carbonyl (C=O) groups excluding carboxylic acids is 1. The highest BCUT2D eigenvalue weighted by Crippen LogP contribution is 2.28. The van der Waals surface area contributed by atoms with Crippen LogP contribution in [0.3, 0.4) is 0 Å². The third-order valence-corrected chi connectivity index (χ3v) is 7.17. The maximum absolute atomic E-state index is 12.6. The van der Waals surface area contributed by atoms with E-state index in [2.05, 4.69) is 44.1 Å². The average Bonchev–Trinajstić information content (AvgIpc) is 3.41. The molecule has 3 aromatic rings. The minimum Gasteiger partial charge on any atom is -0.497 e. The van der Waals surface area contributed by atoms with Gasteiger partial charge in [-0.05, 0) is 76.4 Å². The number of piperidine rings is 1. The molecule has 1 unspecified atom stereocenters. The Morgan fingerprint density at radius 3 is 2.47 bits per heavy atom. The van der Waals surface area contributed by atoms with Crippen LogP contribution in [0.4, 0.5) is 5.69 Å². The largest absolute Gasteiger partial charge is 0.497 e. The van der Waals surface area contributed by atoms with Gasteiger partial charge in [0, 0.05) is 37.4 Å². The van der Waals surface area contributed by atoms with Crippen molar-refractivity contribution >= 4 is 11.6 Å². The molecule has 1 atom stereocenters. The lowest BCUT2D eigenvalue weighted by atomic mass is 9.99. The predicted octanol–water partition coefficient (Wildman–Crippen LogP) is 4.37. The summed E-state index contributed by atoms with van der Waals surface area (Å²) in [5.41, 5.74) is 3.19. The Morgan fingerprint density at radius 2 is 1.86 bits per heavy atom. The molecule has 0 saturated carbocycles. The number of nitrogens with zero attached hydrogens (tertiary/aromatic N) is 4. The summed E-state index contributed by atoms with van der Waals surface area (Å²) in [6.07, 6.45) is 6.28. The molecule has 1 aromatic carbocycles. The Kier molecular flexibility index (Phi) is 8.59. The van der Waals surface area contributed by atoms with Crippen molar-refractivity contribution in [3.05, 3.63) is 71.7 Å². The molecule has 3 heterocycles. The molecule has 36 heavy (non-hydrogen) atoms. The minimum atomic E-state index is -0.0930. The second-order valence-corrected chi connectivity index (χ2v) is 9.49. The summed E-state index contributed by atoms with van der Waals surface area (Å²) in [4.78, 5) is 25.9. The quantitative estimate of drug-likeness (QED) is 0.451. The van der Waals surface area contributed by atoms with Gasteiger partial charge < -0.3 is 24.3 Å². The number of aromatic nitrogens is 2. The van der Waals surface area contributed by atoms with Crippen LogP contribution in [-0.2, 0) is 6.54 Å². The zero-order valence-corrected chi connectivity index (χ0v) is 21.7. The van der Waals surface area contributed by atoms with Gasteiger partial charge in [-0.2, -0.15) is 0 Å². The fraction of sp³-hybridized carbons (Fsp3) is 0.464. The lowest BCUT2D eigenvalue weighted by Gasteiger charge is -2.41. The number of nitrogens with one attached hydrogen (secondary N) is 1. The Balaban J connectivity index is 1.31. The van der Waals surface area contributed by atoms with Crippen molar-refractivity contribution in [2.75, 3.05) is 31.6 Å². The Morgan fingerprint density at radius 1 is 1.17 bits per heavy atom. The number of hydrogen-bond acceptors (Lipinski definition) is 7. The fourth-order valence-electron chi connectivity index (χ4n) is 5.00. The molecule has 192 valence electrons. The fourth-order valence-corrected chi connectivity index (χ4v) is 5.00. The molecule has 4 rings (SSSR count). The van der Waals surface area contributed by atoms with Gasteiger partial charge >= 0.3 is 0 Å². The first-order valence-electron chi connectivity index (χ1n) is 12.7. The zero-order chi connectivity index (χ0) is 25.5. The lowest BCUT2D eigenvalue weighted by molar-refractivity contribution is 0.0943. The molecule has 1 amide bonds. The second-order valence-electron chi connectivity index (χ2n) is 9.49. The number of amides is 1. The average molecular weight is 492 g/mol. The SMILES string of the molecule is COc1ccc(N(Cc2ccco2)C2CCN(C(C)CCNC(=O)c3c(C)ncnc3C)CC2)cc1. The van der Waals surface area contributed by atoms with Crippen molar-refractivity contribution in [2.24, 2.45) is 0 Å². The van der Waals surface area contributed by atoms with Crippen LogP contribution in [0.1, 0.15) is 53.7 Å². The smallest absolute Gasteiger partial charge is 0.254 e. The number of rotatable bonds is 10.